The Hall–Kier alpha value is -0.120. The quantitative estimate of drug-likeness (QED) is 0.824. The van der Waals surface area contributed by atoms with Crippen molar-refractivity contribution in [2.24, 2.45) is 5.92 Å². The van der Waals surface area contributed by atoms with Gasteiger partial charge in [-0.1, -0.05) is 26.2 Å². The highest BCUT2D eigenvalue weighted by molar-refractivity contribution is 4.83. The maximum atomic E-state index is 3.78. The maximum absolute atomic E-state index is 3.78. The van der Waals surface area contributed by atoms with Crippen LogP contribution >= 0.6 is 0 Å². The minimum absolute atomic E-state index is 0.730. The van der Waals surface area contributed by atoms with E-state index in [9.17, 15) is 0 Å². The minimum Gasteiger partial charge on any atom is -0.313 e. The third kappa shape index (κ3) is 5.05. The molecule has 1 aliphatic carbocycles. The van der Waals surface area contributed by atoms with Crippen molar-refractivity contribution in [3.05, 3.63) is 0 Å². The van der Waals surface area contributed by atoms with Crippen molar-refractivity contribution in [2.45, 2.75) is 51.5 Å². The zero-order valence-corrected chi connectivity index (χ0v) is 13.0. The van der Waals surface area contributed by atoms with Crippen LogP contribution in [0.15, 0.2) is 0 Å². The first-order valence-electron chi connectivity index (χ1n) is 8.44. The number of nitrogens with one attached hydrogen (secondary N) is 1. The van der Waals surface area contributed by atoms with Gasteiger partial charge in [-0.05, 0) is 51.9 Å². The Morgan fingerprint density at radius 1 is 1.00 bits per heavy atom. The van der Waals surface area contributed by atoms with Gasteiger partial charge in [-0.25, -0.2) is 0 Å². The summed E-state index contributed by atoms with van der Waals surface area (Å²) in [5, 5.41) is 3.78. The molecular weight excluding hydrogens is 234 g/mol. The van der Waals surface area contributed by atoms with E-state index in [1.54, 1.807) is 0 Å². The van der Waals surface area contributed by atoms with Crippen LogP contribution in [-0.2, 0) is 0 Å². The normalized spacial score (nSPS) is 26.2. The van der Waals surface area contributed by atoms with E-state index in [2.05, 4.69) is 29.1 Å². The number of rotatable bonds is 5. The molecular formula is C16H33N3. The molecule has 0 radical (unpaired) electrons. The zero-order valence-electron chi connectivity index (χ0n) is 13.0. The zero-order chi connectivity index (χ0) is 13.5. The van der Waals surface area contributed by atoms with Gasteiger partial charge in [0, 0.05) is 25.7 Å². The second-order valence-electron chi connectivity index (χ2n) is 6.52. The van der Waals surface area contributed by atoms with Crippen LogP contribution in [0.2, 0.25) is 0 Å². The molecule has 0 amide bonds. The average molecular weight is 267 g/mol. The van der Waals surface area contributed by atoms with E-state index in [1.165, 1.54) is 71.2 Å². The lowest BCUT2D eigenvalue weighted by atomic mass is 9.83. The lowest BCUT2D eigenvalue weighted by Gasteiger charge is -2.34. The summed E-state index contributed by atoms with van der Waals surface area (Å²) < 4.78 is 0. The Morgan fingerprint density at radius 2 is 1.79 bits per heavy atom. The van der Waals surface area contributed by atoms with Gasteiger partial charge in [0.2, 0.25) is 0 Å². The van der Waals surface area contributed by atoms with Gasteiger partial charge in [-0.3, -0.25) is 0 Å². The summed E-state index contributed by atoms with van der Waals surface area (Å²) in [6.07, 6.45) is 8.60. The van der Waals surface area contributed by atoms with Gasteiger partial charge >= 0.3 is 0 Å². The van der Waals surface area contributed by atoms with E-state index in [4.69, 9.17) is 0 Å². The van der Waals surface area contributed by atoms with Gasteiger partial charge in [0.1, 0.15) is 0 Å². The molecule has 112 valence electrons. The second kappa shape index (κ2) is 8.23. The summed E-state index contributed by atoms with van der Waals surface area (Å²) in [5.41, 5.74) is 0. The third-order valence-electron chi connectivity index (χ3n) is 4.95. The maximum Gasteiger partial charge on any atom is 0.0223 e. The standard InChI is InChI=1S/C16H33N3/c1-3-17-16(15-8-5-4-6-9-15)14-19-11-7-10-18(2)12-13-19/h15-17H,3-14H2,1-2H3. The molecule has 0 aromatic carbocycles. The fourth-order valence-corrected chi connectivity index (χ4v) is 3.74. The molecule has 0 aromatic heterocycles. The van der Waals surface area contributed by atoms with E-state index < -0.39 is 0 Å². The number of hydrogen-bond donors (Lipinski definition) is 1. The van der Waals surface area contributed by atoms with E-state index in [0.29, 0.717) is 0 Å². The first kappa shape index (κ1) is 15.3. The Balaban J connectivity index is 1.84. The first-order chi connectivity index (χ1) is 9.29. The average Bonchev–Trinajstić information content (AvgIpc) is 2.64. The summed E-state index contributed by atoms with van der Waals surface area (Å²) in [6, 6.07) is 0.730. The second-order valence-corrected chi connectivity index (χ2v) is 6.52. The lowest BCUT2D eigenvalue weighted by Crippen LogP contribution is -2.47. The molecule has 1 saturated carbocycles. The van der Waals surface area contributed by atoms with Crippen LogP contribution < -0.4 is 5.32 Å². The van der Waals surface area contributed by atoms with Gasteiger partial charge in [0.25, 0.3) is 0 Å². The van der Waals surface area contributed by atoms with E-state index in [-0.39, 0.29) is 0 Å². The van der Waals surface area contributed by atoms with Crippen molar-refractivity contribution in [2.75, 3.05) is 46.3 Å². The molecule has 3 heteroatoms. The van der Waals surface area contributed by atoms with Crippen molar-refractivity contribution >= 4 is 0 Å². The molecule has 1 atom stereocenters. The van der Waals surface area contributed by atoms with Crippen LogP contribution in [0.3, 0.4) is 0 Å². The van der Waals surface area contributed by atoms with Crippen LogP contribution in [0.5, 0.6) is 0 Å². The van der Waals surface area contributed by atoms with E-state index in [1.807, 2.05) is 0 Å². The highest BCUT2D eigenvalue weighted by Gasteiger charge is 2.25. The summed E-state index contributed by atoms with van der Waals surface area (Å²) in [6.45, 7) is 9.70. The van der Waals surface area contributed by atoms with Crippen molar-refractivity contribution in [1.82, 2.24) is 15.1 Å². The molecule has 0 spiro atoms. The fourth-order valence-electron chi connectivity index (χ4n) is 3.74. The largest absolute Gasteiger partial charge is 0.313 e. The molecule has 1 saturated heterocycles. The molecule has 2 rings (SSSR count). The first-order valence-corrected chi connectivity index (χ1v) is 8.44. The smallest absolute Gasteiger partial charge is 0.0223 e. The third-order valence-corrected chi connectivity index (χ3v) is 4.95. The van der Waals surface area contributed by atoms with Crippen LogP contribution in [0.25, 0.3) is 0 Å². The van der Waals surface area contributed by atoms with Gasteiger partial charge in [-0.2, -0.15) is 0 Å². The highest BCUT2D eigenvalue weighted by Crippen LogP contribution is 2.27. The molecule has 2 fully saturated rings. The summed E-state index contributed by atoms with van der Waals surface area (Å²) in [5.74, 6) is 0.926. The van der Waals surface area contributed by atoms with E-state index in [0.717, 1.165) is 18.5 Å². The van der Waals surface area contributed by atoms with Crippen LogP contribution in [0, 0.1) is 5.92 Å². The lowest BCUT2D eigenvalue weighted by molar-refractivity contribution is 0.188. The Bertz CT molecular complexity index is 238. The monoisotopic (exact) mass is 267 g/mol. The molecule has 19 heavy (non-hydrogen) atoms. The molecule has 0 bridgehead atoms. The highest BCUT2D eigenvalue weighted by atomic mass is 15.2. The fraction of sp³-hybridized carbons (Fsp3) is 1.00. The van der Waals surface area contributed by atoms with Crippen molar-refractivity contribution in [3.8, 4) is 0 Å². The van der Waals surface area contributed by atoms with Gasteiger partial charge in [0.15, 0.2) is 0 Å². The Morgan fingerprint density at radius 3 is 2.53 bits per heavy atom. The molecule has 3 nitrogen and oxygen atoms in total. The number of likely N-dealkylation sites (N-methyl/N-ethyl adjacent to an activating group) is 2. The molecule has 1 unspecified atom stereocenters. The molecule has 1 N–H and O–H groups in total. The minimum atomic E-state index is 0.730. The Labute approximate surface area is 119 Å². The van der Waals surface area contributed by atoms with E-state index >= 15 is 0 Å². The topological polar surface area (TPSA) is 18.5 Å². The molecule has 1 aliphatic heterocycles. The summed E-state index contributed by atoms with van der Waals surface area (Å²) in [4.78, 5) is 5.17. The van der Waals surface area contributed by atoms with Crippen LogP contribution in [-0.4, -0.2) is 62.2 Å². The summed E-state index contributed by atoms with van der Waals surface area (Å²) >= 11 is 0. The van der Waals surface area contributed by atoms with Crippen molar-refractivity contribution in [1.29, 1.82) is 0 Å². The van der Waals surface area contributed by atoms with Gasteiger partial charge in [0.05, 0.1) is 0 Å². The van der Waals surface area contributed by atoms with Gasteiger partial charge in [-0.15, -0.1) is 0 Å². The predicted octanol–water partition coefficient (Wildman–Crippen LogP) is 2.18. The van der Waals surface area contributed by atoms with Crippen LogP contribution in [0.1, 0.15) is 45.4 Å². The Kier molecular flexibility index (Phi) is 6.62. The number of nitrogens with zero attached hydrogens (tertiary/aromatic N) is 2. The SMILES string of the molecule is CCNC(CN1CCCN(C)CC1)C1CCCCC1. The van der Waals surface area contributed by atoms with Crippen molar-refractivity contribution < 1.29 is 0 Å². The summed E-state index contributed by atoms with van der Waals surface area (Å²) in [7, 11) is 2.26. The molecule has 2 aliphatic rings. The van der Waals surface area contributed by atoms with Crippen molar-refractivity contribution in [3.63, 3.8) is 0 Å². The van der Waals surface area contributed by atoms with Gasteiger partial charge < -0.3 is 15.1 Å². The van der Waals surface area contributed by atoms with Crippen LogP contribution in [0.4, 0.5) is 0 Å². The number of hydrogen-bond acceptors (Lipinski definition) is 3. The molecule has 1 heterocycles. The molecule has 0 aromatic rings. The predicted molar refractivity (Wildman–Crippen MR) is 82.6 cm³/mol.